The van der Waals surface area contributed by atoms with E-state index >= 15 is 0 Å². The van der Waals surface area contributed by atoms with E-state index in [1.165, 1.54) is 0 Å². The zero-order valence-corrected chi connectivity index (χ0v) is 11.6. The van der Waals surface area contributed by atoms with Crippen LogP contribution >= 0.6 is 23.4 Å². The lowest BCUT2D eigenvalue weighted by Gasteiger charge is -2.06. The van der Waals surface area contributed by atoms with Crippen LogP contribution in [0.15, 0.2) is 52.3 Å². The van der Waals surface area contributed by atoms with E-state index < -0.39 is 0 Å². The van der Waals surface area contributed by atoms with Gasteiger partial charge in [0.15, 0.2) is 0 Å². The molecule has 0 fully saturated rings. The molecule has 2 aromatic rings. The van der Waals surface area contributed by atoms with E-state index in [1.807, 2.05) is 42.5 Å². The lowest BCUT2D eigenvalue weighted by Crippen LogP contribution is -1.95. The Morgan fingerprint density at radius 2 is 1.89 bits per heavy atom. The molecule has 0 aliphatic heterocycles. The number of ether oxygens (including phenoxy) is 1. The highest BCUT2D eigenvalue weighted by Gasteiger charge is 2.04. The molecule has 0 amide bonds. The molecule has 94 valence electrons. The maximum Gasteiger partial charge on any atom is 0.118 e. The van der Waals surface area contributed by atoms with Crippen LogP contribution in [0.4, 0.5) is 0 Å². The van der Waals surface area contributed by atoms with Crippen molar-refractivity contribution in [1.29, 1.82) is 0 Å². The third-order valence-electron chi connectivity index (χ3n) is 2.52. The van der Waals surface area contributed by atoms with Crippen molar-refractivity contribution < 1.29 is 4.74 Å². The molecule has 4 heteroatoms. The van der Waals surface area contributed by atoms with Gasteiger partial charge in [0.2, 0.25) is 0 Å². The summed E-state index contributed by atoms with van der Waals surface area (Å²) in [6.45, 7) is 0.507. The number of halogens is 1. The monoisotopic (exact) mass is 279 g/mol. The van der Waals surface area contributed by atoms with Crippen molar-refractivity contribution in [3.63, 3.8) is 0 Å². The second-order valence-electron chi connectivity index (χ2n) is 3.75. The van der Waals surface area contributed by atoms with Gasteiger partial charge in [0.1, 0.15) is 5.75 Å². The van der Waals surface area contributed by atoms with Crippen LogP contribution in [0.3, 0.4) is 0 Å². The number of nitrogens with two attached hydrogens (primary N) is 1. The number of hydrogen-bond donors (Lipinski definition) is 1. The summed E-state index contributed by atoms with van der Waals surface area (Å²) < 4.78 is 5.12. The molecule has 2 rings (SSSR count). The molecule has 0 atom stereocenters. The largest absolute Gasteiger partial charge is 0.497 e. The smallest absolute Gasteiger partial charge is 0.118 e. The van der Waals surface area contributed by atoms with Gasteiger partial charge in [-0.15, -0.1) is 0 Å². The molecule has 2 aromatic carbocycles. The van der Waals surface area contributed by atoms with Gasteiger partial charge in [0.25, 0.3) is 0 Å². The lowest BCUT2D eigenvalue weighted by atomic mass is 10.2. The molecular formula is C14H14ClNOS. The Labute approximate surface area is 116 Å². The van der Waals surface area contributed by atoms with Crippen LogP contribution in [0.1, 0.15) is 5.56 Å². The van der Waals surface area contributed by atoms with Crippen molar-refractivity contribution in [3.8, 4) is 5.75 Å². The molecule has 0 aromatic heterocycles. The van der Waals surface area contributed by atoms with Crippen LogP contribution < -0.4 is 10.5 Å². The number of hydrogen-bond acceptors (Lipinski definition) is 3. The van der Waals surface area contributed by atoms with Crippen molar-refractivity contribution >= 4 is 23.4 Å². The van der Waals surface area contributed by atoms with Crippen molar-refractivity contribution in [2.45, 2.75) is 16.3 Å². The first-order valence-electron chi connectivity index (χ1n) is 5.53. The minimum absolute atomic E-state index is 0.507. The van der Waals surface area contributed by atoms with Crippen LogP contribution in [0.5, 0.6) is 5.75 Å². The fourth-order valence-corrected chi connectivity index (χ4v) is 2.66. The van der Waals surface area contributed by atoms with Gasteiger partial charge in [-0.05, 0) is 42.0 Å². The molecular weight excluding hydrogens is 266 g/mol. The summed E-state index contributed by atoms with van der Waals surface area (Å²) in [6.07, 6.45) is 0. The first-order chi connectivity index (χ1) is 8.72. The molecule has 2 N–H and O–H groups in total. The molecule has 0 saturated heterocycles. The van der Waals surface area contributed by atoms with Crippen LogP contribution in [-0.2, 0) is 6.54 Å². The predicted octanol–water partition coefficient (Wildman–Crippen LogP) is 3.96. The Morgan fingerprint density at radius 1 is 1.17 bits per heavy atom. The van der Waals surface area contributed by atoms with Gasteiger partial charge in [-0.1, -0.05) is 29.4 Å². The minimum atomic E-state index is 0.507. The van der Waals surface area contributed by atoms with E-state index in [9.17, 15) is 0 Å². The predicted molar refractivity (Wildman–Crippen MR) is 76.5 cm³/mol. The second kappa shape index (κ2) is 6.14. The zero-order chi connectivity index (χ0) is 13.0. The zero-order valence-electron chi connectivity index (χ0n) is 10.0. The number of rotatable bonds is 4. The summed E-state index contributed by atoms with van der Waals surface area (Å²) in [5.74, 6) is 0.851. The average Bonchev–Trinajstić information content (AvgIpc) is 2.42. The lowest BCUT2D eigenvalue weighted by molar-refractivity contribution is 0.414. The Bertz CT molecular complexity index is 528. The van der Waals surface area contributed by atoms with Crippen molar-refractivity contribution in [2.75, 3.05) is 7.11 Å². The Balaban J connectivity index is 2.17. The number of benzene rings is 2. The van der Waals surface area contributed by atoms with Crippen LogP contribution in [0, 0.1) is 0 Å². The molecule has 0 radical (unpaired) electrons. The fourth-order valence-electron chi connectivity index (χ4n) is 1.52. The standard InChI is InChI=1S/C14H14ClNOS/c1-17-11-3-5-12(6-4-11)18-14-7-2-10(9-16)8-13(14)15/h2-8H,9,16H2,1H3. The van der Waals surface area contributed by atoms with Gasteiger partial charge in [-0.25, -0.2) is 0 Å². The maximum atomic E-state index is 6.22. The molecule has 0 aliphatic rings. The highest BCUT2D eigenvalue weighted by molar-refractivity contribution is 7.99. The summed E-state index contributed by atoms with van der Waals surface area (Å²) >= 11 is 7.84. The highest BCUT2D eigenvalue weighted by atomic mass is 35.5. The van der Waals surface area contributed by atoms with Gasteiger partial charge < -0.3 is 10.5 Å². The Hall–Kier alpha value is -1.16. The van der Waals surface area contributed by atoms with E-state index in [0.29, 0.717) is 6.54 Å². The number of methoxy groups -OCH3 is 1. The molecule has 0 bridgehead atoms. The SMILES string of the molecule is COc1ccc(Sc2ccc(CN)cc2Cl)cc1. The molecule has 0 spiro atoms. The molecule has 2 nitrogen and oxygen atoms in total. The first-order valence-corrected chi connectivity index (χ1v) is 6.73. The van der Waals surface area contributed by atoms with Crippen LogP contribution in [0.2, 0.25) is 5.02 Å². The topological polar surface area (TPSA) is 35.2 Å². The van der Waals surface area contributed by atoms with Crippen molar-refractivity contribution in [1.82, 2.24) is 0 Å². The minimum Gasteiger partial charge on any atom is -0.497 e. The fraction of sp³-hybridized carbons (Fsp3) is 0.143. The maximum absolute atomic E-state index is 6.22. The van der Waals surface area contributed by atoms with E-state index in [0.717, 1.165) is 26.1 Å². The average molecular weight is 280 g/mol. The second-order valence-corrected chi connectivity index (χ2v) is 5.27. The van der Waals surface area contributed by atoms with E-state index in [4.69, 9.17) is 22.1 Å². The van der Waals surface area contributed by atoms with E-state index in [1.54, 1.807) is 18.9 Å². The first kappa shape index (κ1) is 13.3. The van der Waals surface area contributed by atoms with Gasteiger partial charge in [0, 0.05) is 16.3 Å². The summed E-state index contributed by atoms with van der Waals surface area (Å²) in [4.78, 5) is 2.15. The van der Waals surface area contributed by atoms with Crippen molar-refractivity contribution in [2.24, 2.45) is 5.73 Å². The van der Waals surface area contributed by atoms with Crippen LogP contribution in [0.25, 0.3) is 0 Å². The molecule has 0 heterocycles. The highest BCUT2D eigenvalue weighted by Crippen LogP contribution is 2.34. The Morgan fingerprint density at radius 3 is 2.44 bits per heavy atom. The molecule has 0 unspecified atom stereocenters. The van der Waals surface area contributed by atoms with E-state index in [-0.39, 0.29) is 0 Å². The summed E-state index contributed by atoms with van der Waals surface area (Å²) in [6, 6.07) is 13.8. The van der Waals surface area contributed by atoms with E-state index in [2.05, 4.69) is 0 Å². The molecule has 0 saturated carbocycles. The normalized spacial score (nSPS) is 10.4. The third kappa shape index (κ3) is 3.19. The summed E-state index contributed by atoms with van der Waals surface area (Å²) in [5.41, 5.74) is 6.61. The summed E-state index contributed by atoms with van der Waals surface area (Å²) in [7, 11) is 1.66. The van der Waals surface area contributed by atoms with Crippen LogP contribution in [-0.4, -0.2) is 7.11 Å². The Kier molecular flexibility index (Phi) is 4.53. The van der Waals surface area contributed by atoms with Gasteiger partial charge >= 0.3 is 0 Å². The molecule has 18 heavy (non-hydrogen) atoms. The van der Waals surface area contributed by atoms with Gasteiger partial charge in [-0.2, -0.15) is 0 Å². The quantitative estimate of drug-likeness (QED) is 0.920. The summed E-state index contributed by atoms with van der Waals surface area (Å²) in [5, 5.41) is 0.735. The van der Waals surface area contributed by atoms with Crippen molar-refractivity contribution in [3.05, 3.63) is 53.1 Å². The van der Waals surface area contributed by atoms with Gasteiger partial charge in [0.05, 0.1) is 12.1 Å². The third-order valence-corrected chi connectivity index (χ3v) is 4.03. The van der Waals surface area contributed by atoms with Gasteiger partial charge in [-0.3, -0.25) is 0 Å². The molecule has 0 aliphatic carbocycles.